The van der Waals surface area contributed by atoms with Crippen molar-refractivity contribution in [3.05, 3.63) is 94.5 Å². The number of para-hydroxylation sites is 2. The van der Waals surface area contributed by atoms with E-state index in [1.807, 2.05) is 83.1 Å². The summed E-state index contributed by atoms with van der Waals surface area (Å²) in [6, 6.07) is 20.3. The van der Waals surface area contributed by atoms with Crippen molar-refractivity contribution in [1.29, 1.82) is 0 Å². The van der Waals surface area contributed by atoms with E-state index in [1.165, 1.54) is 0 Å². The van der Waals surface area contributed by atoms with Crippen LogP contribution < -0.4 is 9.64 Å². The van der Waals surface area contributed by atoms with Crippen molar-refractivity contribution < 1.29 is 20.1 Å². The van der Waals surface area contributed by atoms with Gasteiger partial charge in [-0.15, -0.1) is 0 Å². The van der Waals surface area contributed by atoms with E-state index >= 15 is 0 Å². The molecule has 4 aromatic carbocycles. The van der Waals surface area contributed by atoms with Gasteiger partial charge in [0.1, 0.15) is 23.0 Å². The van der Waals surface area contributed by atoms with Crippen LogP contribution in [0, 0.1) is 34.6 Å². The van der Waals surface area contributed by atoms with E-state index < -0.39 is 0 Å². The highest BCUT2D eigenvalue weighted by Gasteiger charge is 2.22. The first-order valence-corrected chi connectivity index (χ1v) is 11.1. The lowest BCUT2D eigenvalue weighted by atomic mass is 10.0. The number of hydrogen-bond acceptors (Lipinski definition) is 5. The van der Waals surface area contributed by atoms with Crippen molar-refractivity contribution in [2.45, 2.75) is 34.6 Å². The largest absolute Gasteiger partial charge is 0.508 e. The number of hydrogen-bond donors (Lipinski definition) is 3. The SMILES string of the molecule is Cc1ccc(Oc2ccccc2N(c2cc(C)c(O)cc2C)c2cc(C)c(O)cc2C)cc1O. The fraction of sp³-hybridized carbons (Fsp3) is 0.172. The van der Waals surface area contributed by atoms with Crippen LogP contribution in [-0.4, -0.2) is 15.3 Å². The second-order valence-electron chi connectivity index (χ2n) is 8.70. The number of benzene rings is 4. The van der Waals surface area contributed by atoms with Crippen molar-refractivity contribution >= 4 is 17.1 Å². The number of aryl methyl sites for hydroxylation is 5. The molecule has 34 heavy (non-hydrogen) atoms. The van der Waals surface area contributed by atoms with Crippen LogP contribution in [0.1, 0.15) is 27.8 Å². The molecule has 174 valence electrons. The third kappa shape index (κ3) is 4.37. The molecule has 0 saturated carbocycles. The maximum atomic E-state index is 10.3. The predicted molar refractivity (Wildman–Crippen MR) is 136 cm³/mol. The Morgan fingerprint density at radius 1 is 0.529 bits per heavy atom. The number of rotatable bonds is 5. The molecule has 0 spiro atoms. The number of ether oxygens (including phenoxy) is 1. The number of anilines is 3. The predicted octanol–water partition coefficient (Wildman–Crippen LogP) is 7.61. The van der Waals surface area contributed by atoms with E-state index in [0.717, 1.165) is 44.9 Å². The summed E-state index contributed by atoms with van der Waals surface area (Å²) >= 11 is 0. The highest BCUT2D eigenvalue weighted by Crippen LogP contribution is 2.46. The first kappa shape index (κ1) is 23.1. The van der Waals surface area contributed by atoms with E-state index in [4.69, 9.17) is 4.74 Å². The normalized spacial score (nSPS) is 10.9. The Hall–Kier alpha value is -4.12. The van der Waals surface area contributed by atoms with Crippen molar-refractivity contribution in [2.24, 2.45) is 0 Å². The molecule has 4 aromatic rings. The average Bonchev–Trinajstić information content (AvgIpc) is 2.79. The molecule has 0 radical (unpaired) electrons. The highest BCUT2D eigenvalue weighted by molar-refractivity contribution is 5.84. The van der Waals surface area contributed by atoms with Crippen LogP contribution in [0.5, 0.6) is 28.7 Å². The molecule has 0 saturated heterocycles. The van der Waals surface area contributed by atoms with Crippen molar-refractivity contribution in [3.63, 3.8) is 0 Å². The number of phenols is 3. The minimum Gasteiger partial charge on any atom is -0.508 e. The summed E-state index contributed by atoms with van der Waals surface area (Å²) < 4.78 is 6.26. The molecule has 3 N–H and O–H groups in total. The standard InChI is InChI=1S/C29H29NO4/c1-17-10-11-22(16-28(17)33)34-29-9-7-6-8-23(29)30(24-12-20(4)26(31)14-18(24)2)25-13-21(5)27(32)15-19(25)3/h6-16,31-33H,1-5H3. The molecule has 4 rings (SSSR count). The van der Waals surface area contributed by atoms with Crippen molar-refractivity contribution in [2.75, 3.05) is 4.90 Å². The van der Waals surface area contributed by atoms with E-state index in [1.54, 1.807) is 18.2 Å². The fourth-order valence-electron chi connectivity index (χ4n) is 3.95. The van der Waals surface area contributed by atoms with Gasteiger partial charge in [-0.1, -0.05) is 18.2 Å². The van der Waals surface area contributed by atoms with Gasteiger partial charge in [0, 0.05) is 17.4 Å². The van der Waals surface area contributed by atoms with Gasteiger partial charge in [-0.3, -0.25) is 0 Å². The zero-order chi connectivity index (χ0) is 24.6. The molecular formula is C29H29NO4. The van der Waals surface area contributed by atoms with E-state index in [2.05, 4.69) is 4.90 Å². The van der Waals surface area contributed by atoms with Gasteiger partial charge in [-0.2, -0.15) is 0 Å². The quantitative estimate of drug-likeness (QED) is 0.289. The summed E-state index contributed by atoms with van der Waals surface area (Å²) in [7, 11) is 0. The van der Waals surface area contributed by atoms with Crippen LogP contribution in [0.25, 0.3) is 0 Å². The molecule has 0 aromatic heterocycles. The number of nitrogens with zero attached hydrogens (tertiary/aromatic N) is 1. The molecule has 0 aliphatic heterocycles. The lowest BCUT2D eigenvalue weighted by Gasteiger charge is -2.30. The van der Waals surface area contributed by atoms with Gasteiger partial charge >= 0.3 is 0 Å². The Bertz CT molecular complexity index is 1320. The minimum atomic E-state index is 0.168. The lowest BCUT2D eigenvalue weighted by molar-refractivity contribution is 0.452. The second-order valence-corrected chi connectivity index (χ2v) is 8.70. The maximum Gasteiger partial charge on any atom is 0.151 e. The van der Waals surface area contributed by atoms with Crippen LogP contribution in [0.2, 0.25) is 0 Å². The van der Waals surface area contributed by atoms with Gasteiger partial charge < -0.3 is 25.0 Å². The zero-order valence-electron chi connectivity index (χ0n) is 20.0. The molecule has 5 nitrogen and oxygen atoms in total. The Morgan fingerprint density at radius 3 is 1.62 bits per heavy atom. The Kier molecular flexibility index (Phi) is 6.12. The molecule has 0 atom stereocenters. The first-order valence-electron chi connectivity index (χ1n) is 11.1. The minimum absolute atomic E-state index is 0.168. The topological polar surface area (TPSA) is 73.2 Å². The van der Waals surface area contributed by atoms with Crippen molar-refractivity contribution in [3.8, 4) is 28.7 Å². The summed E-state index contributed by atoms with van der Waals surface area (Å²) in [4.78, 5) is 2.08. The van der Waals surface area contributed by atoms with Crippen LogP contribution in [0.4, 0.5) is 17.1 Å². The third-order valence-corrected chi connectivity index (χ3v) is 6.03. The molecular weight excluding hydrogens is 426 g/mol. The van der Waals surface area contributed by atoms with Crippen LogP contribution in [-0.2, 0) is 0 Å². The van der Waals surface area contributed by atoms with E-state index in [9.17, 15) is 15.3 Å². The molecule has 0 fully saturated rings. The average molecular weight is 456 g/mol. The molecule has 0 unspecified atom stereocenters. The van der Waals surface area contributed by atoms with Crippen molar-refractivity contribution in [1.82, 2.24) is 0 Å². The van der Waals surface area contributed by atoms with Gasteiger partial charge in [0.2, 0.25) is 0 Å². The lowest BCUT2D eigenvalue weighted by Crippen LogP contribution is -2.14. The summed E-state index contributed by atoms with van der Waals surface area (Å²) in [5.74, 6) is 1.76. The van der Waals surface area contributed by atoms with Crippen LogP contribution in [0.15, 0.2) is 66.7 Å². The number of phenolic OH excluding ortho intramolecular Hbond substituents is 3. The third-order valence-electron chi connectivity index (χ3n) is 6.03. The summed E-state index contributed by atoms with van der Waals surface area (Å²) in [5.41, 5.74) is 6.59. The summed E-state index contributed by atoms with van der Waals surface area (Å²) in [6.07, 6.45) is 0. The fourth-order valence-corrected chi connectivity index (χ4v) is 3.95. The maximum absolute atomic E-state index is 10.3. The summed E-state index contributed by atoms with van der Waals surface area (Å²) in [6.45, 7) is 9.46. The molecule has 0 aliphatic rings. The smallest absolute Gasteiger partial charge is 0.151 e. The van der Waals surface area contributed by atoms with Gasteiger partial charge in [-0.25, -0.2) is 0 Å². The molecule has 0 aliphatic carbocycles. The second kappa shape index (κ2) is 9.02. The van der Waals surface area contributed by atoms with E-state index in [0.29, 0.717) is 11.5 Å². The molecule has 5 heteroatoms. The van der Waals surface area contributed by atoms with Gasteiger partial charge in [0.15, 0.2) is 5.75 Å². The Balaban J connectivity index is 1.95. The van der Waals surface area contributed by atoms with Crippen LogP contribution in [0.3, 0.4) is 0 Å². The Labute approximate surface area is 200 Å². The first-order chi connectivity index (χ1) is 16.2. The molecule has 0 heterocycles. The zero-order valence-corrected chi connectivity index (χ0v) is 20.0. The van der Waals surface area contributed by atoms with Crippen LogP contribution >= 0.6 is 0 Å². The number of aromatic hydroxyl groups is 3. The van der Waals surface area contributed by atoms with E-state index in [-0.39, 0.29) is 17.2 Å². The summed E-state index contributed by atoms with van der Waals surface area (Å²) in [5, 5.41) is 30.7. The van der Waals surface area contributed by atoms with Gasteiger partial charge in [0.05, 0.1) is 5.69 Å². The highest BCUT2D eigenvalue weighted by atomic mass is 16.5. The molecule has 0 amide bonds. The monoisotopic (exact) mass is 455 g/mol. The van der Waals surface area contributed by atoms with Gasteiger partial charge in [-0.05, 0) is 105 Å². The molecule has 0 bridgehead atoms. The Morgan fingerprint density at radius 2 is 1.06 bits per heavy atom. The van der Waals surface area contributed by atoms with Gasteiger partial charge in [0.25, 0.3) is 0 Å².